The lowest BCUT2D eigenvalue weighted by Gasteiger charge is -2.25. The summed E-state index contributed by atoms with van der Waals surface area (Å²) in [6, 6.07) is 4.54. The molecule has 0 aliphatic carbocycles. The van der Waals surface area contributed by atoms with Gasteiger partial charge in [0.25, 0.3) is 11.5 Å². The second kappa shape index (κ2) is 9.80. The highest BCUT2D eigenvalue weighted by molar-refractivity contribution is 6.36. The molecule has 0 radical (unpaired) electrons. The minimum absolute atomic E-state index is 0.0372. The number of rotatable bonds is 8. The first-order valence-electron chi connectivity index (χ1n) is 9.21. The van der Waals surface area contributed by atoms with E-state index < -0.39 is 17.2 Å². The molecule has 2 rings (SSSR count). The van der Waals surface area contributed by atoms with Crippen molar-refractivity contribution >= 4 is 40.6 Å². The van der Waals surface area contributed by atoms with Gasteiger partial charge in [-0.3, -0.25) is 19.1 Å². The Balaban J connectivity index is 2.63. The van der Waals surface area contributed by atoms with Gasteiger partial charge in [0.15, 0.2) is 5.69 Å². The highest BCUT2D eigenvalue weighted by Crippen LogP contribution is 2.26. The second-order valence-electron chi connectivity index (χ2n) is 6.43. The van der Waals surface area contributed by atoms with Gasteiger partial charge in [0.1, 0.15) is 5.82 Å². The molecule has 7 nitrogen and oxygen atoms in total. The summed E-state index contributed by atoms with van der Waals surface area (Å²) in [6.45, 7) is 4.53. The third-order valence-electron chi connectivity index (χ3n) is 4.36. The van der Waals surface area contributed by atoms with E-state index in [1.807, 2.05) is 13.8 Å². The third kappa shape index (κ3) is 4.77. The monoisotopic (exact) mass is 426 g/mol. The van der Waals surface area contributed by atoms with Crippen molar-refractivity contribution in [2.24, 2.45) is 0 Å². The van der Waals surface area contributed by atoms with Crippen LogP contribution in [0, 0.1) is 0 Å². The van der Waals surface area contributed by atoms with Crippen LogP contribution in [0.4, 0.5) is 11.5 Å². The Kier molecular flexibility index (Phi) is 7.71. The minimum Gasteiger partial charge on any atom is -0.383 e. The van der Waals surface area contributed by atoms with Crippen LogP contribution < -0.4 is 21.9 Å². The van der Waals surface area contributed by atoms with Gasteiger partial charge in [-0.2, -0.15) is 0 Å². The zero-order valence-corrected chi connectivity index (χ0v) is 17.4. The summed E-state index contributed by atoms with van der Waals surface area (Å²) in [6.07, 6.45) is 2.98. The number of hydrogen-bond acceptors (Lipinski definition) is 4. The van der Waals surface area contributed by atoms with Gasteiger partial charge in [-0.15, -0.1) is 0 Å². The topological polar surface area (TPSA) is 101 Å². The summed E-state index contributed by atoms with van der Waals surface area (Å²) < 4.78 is 1.28. The van der Waals surface area contributed by atoms with Crippen molar-refractivity contribution in [1.82, 2.24) is 9.55 Å². The molecule has 9 heteroatoms. The molecule has 1 amide bonds. The number of hydrogen-bond donors (Lipinski definition) is 2. The molecule has 2 aromatic rings. The van der Waals surface area contributed by atoms with Crippen LogP contribution in [0.15, 0.2) is 27.8 Å². The Morgan fingerprint density at radius 3 is 2.50 bits per heavy atom. The Bertz CT molecular complexity index is 969. The van der Waals surface area contributed by atoms with E-state index in [9.17, 15) is 14.4 Å². The van der Waals surface area contributed by atoms with Gasteiger partial charge in [-0.25, -0.2) is 4.79 Å². The first kappa shape index (κ1) is 22.0. The maximum Gasteiger partial charge on any atom is 0.330 e. The second-order valence-corrected chi connectivity index (χ2v) is 7.28. The van der Waals surface area contributed by atoms with E-state index in [2.05, 4.69) is 4.98 Å². The van der Waals surface area contributed by atoms with Gasteiger partial charge in [0, 0.05) is 18.1 Å². The van der Waals surface area contributed by atoms with Gasteiger partial charge >= 0.3 is 5.69 Å². The van der Waals surface area contributed by atoms with Crippen molar-refractivity contribution < 1.29 is 4.79 Å². The first-order chi connectivity index (χ1) is 13.3. The molecular formula is C19H24Cl2N4O3. The molecule has 152 valence electrons. The molecule has 1 aromatic heterocycles. The molecule has 1 aromatic carbocycles. The molecule has 0 bridgehead atoms. The van der Waals surface area contributed by atoms with Crippen molar-refractivity contribution in [3.05, 3.63) is 54.6 Å². The molecule has 0 saturated heterocycles. The number of halogens is 2. The largest absolute Gasteiger partial charge is 0.383 e. The number of H-pyrrole nitrogens is 1. The standard InChI is InChI=1S/C19H24Cl2N4O3/c1-3-5-9-24(18(27)13-11-12(20)7-8-14(13)21)15-16(22)25(10-6-4-2)19(28)23-17(15)26/h7-8,11H,3-6,9-10,22H2,1-2H3,(H,23,26,28). The zero-order valence-electron chi connectivity index (χ0n) is 15.9. The molecule has 0 atom stereocenters. The normalized spacial score (nSPS) is 10.9. The van der Waals surface area contributed by atoms with E-state index in [4.69, 9.17) is 28.9 Å². The molecule has 28 heavy (non-hydrogen) atoms. The number of nitrogens with zero attached hydrogens (tertiary/aromatic N) is 2. The van der Waals surface area contributed by atoms with Gasteiger partial charge < -0.3 is 10.6 Å². The number of nitrogen functional groups attached to an aromatic ring is 1. The quantitative estimate of drug-likeness (QED) is 0.671. The molecule has 0 spiro atoms. The number of nitrogens with two attached hydrogens (primary N) is 1. The van der Waals surface area contributed by atoms with Gasteiger partial charge in [-0.1, -0.05) is 49.9 Å². The maximum atomic E-state index is 13.2. The predicted octanol–water partition coefficient (Wildman–Crippen LogP) is 3.67. The van der Waals surface area contributed by atoms with E-state index in [0.717, 1.165) is 12.8 Å². The van der Waals surface area contributed by atoms with E-state index >= 15 is 0 Å². The number of amides is 1. The van der Waals surface area contributed by atoms with Crippen molar-refractivity contribution in [2.75, 3.05) is 17.2 Å². The van der Waals surface area contributed by atoms with Crippen LogP contribution in [0.3, 0.4) is 0 Å². The summed E-state index contributed by atoms with van der Waals surface area (Å²) in [7, 11) is 0. The van der Waals surface area contributed by atoms with E-state index in [-0.39, 0.29) is 28.6 Å². The number of benzene rings is 1. The highest BCUT2D eigenvalue weighted by Gasteiger charge is 2.26. The lowest BCUT2D eigenvalue weighted by molar-refractivity contribution is 0.0986. The summed E-state index contributed by atoms with van der Waals surface area (Å²) in [4.78, 5) is 41.5. The lowest BCUT2D eigenvalue weighted by Crippen LogP contribution is -2.41. The third-order valence-corrected chi connectivity index (χ3v) is 4.92. The fourth-order valence-electron chi connectivity index (χ4n) is 2.81. The molecule has 0 fully saturated rings. The van der Waals surface area contributed by atoms with Crippen LogP contribution in [-0.4, -0.2) is 22.0 Å². The number of unbranched alkanes of at least 4 members (excludes halogenated alkanes) is 2. The average molecular weight is 427 g/mol. The smallest absolute Gasteiger partial charge is 0.330 e. The first-order valence-corrected chi connectivity index (χ1v) is 9.96. The summed E-state index contributed by atoms with van der Waals surface area (Å²) in [5, 5.41) is 0.559. The number of carbonyl (C=O) groups is 1. The molecule has 0 unspecified atom stereocenters. The van der Waals surface area contributed by atoms with Crippen molar-refractivity contribution in [1.29, 1.82) is 0 Å². The number of carbonyl (C=O) groups excluding carboxylic acids is 1. The molecule has 0 aliphatic heterocycles. The average Bonchev–Trinajstić information content (AvgIpc) is 2.65. The van der Waals surface area contributed by atoms with Gasteiger partial charge in [-0.05, 0) is 31.0 Å². The number of aromatic amines is 1. The van der Waals surface area contributed by atoms with Crippen LogP contribution in [0.25, 0.3) is 0 Å². The maximum absolute atomic E-state index is 13.2. The SMILES string of the molecule is CCCCN(C(=O)c1cc(Cl)ccc1Cl)c1c(N)n(CCCC)c(=O)[nH]c1=O. The fraction of sp³-hybridized carbons (Fsp3) is 0.421. The van der Waals surface area contributed by atoms with Gasteiger partial charge in [0.2, 0.25) is 0 Å². The summed E-state index contributed by atoms with van der Waals surface area (Å²) in [5.41, 5.74) is 4.98. The van der Waals surface area contributed by atoms with Crippen LogP contribution in [0.2, 0.25) is 10.0 Å². The van der Waals surface area contributed by atoms with Crippen LogP contribution in [0.5, 0.6) is 0 Å². The molecule has 0 aliphatic rings. The minimum atomic E-state index is -0.710. The number of nitrogens with one attached hydrogen (secondary N) is 1. The van der Waals surface area contributed by atoms with Gasteiger partial charge in [0.05, 0.1) is 10.6 Å². The van der Waals surface area contributed by atoms with Crippen LogP contribution in [-0.2, 0) is 6.54 Å². The molecule has 3 N–H and O–H groups in total. The van der Waals surface area contributed by atoms with Crippen molar-refractivity contribution in [3.8, 4) is 0 Å². The van der Waals surface area contributed by atoms with Crippen molar-refractivity contribution in [3.63, 3.8) is 0 Å². The zero-order chi connectivity index (χ0) is 20.8. The summed E-state index contributed by atoms with van der Waals surface area (Å²) in [5.74, 6) is -0.538. The molecule has 0 saturated carbocycles. The number of aromatic nitrogens is 2. The molecular weight excluding hydrogens is 403 g/mol. The Morgan fingerprint density at radius 2 is 1.86 bits per heavy atom. The fourth-order valence-corrected chi connectivity index (χ4v) is 3.18. The highest BCUT2D eigenvalue weighted by atomic mass is 35.5. The van der Waals surface area contributed by atoms with E-state index in [1.165, 1.54) is 21.6 Å². The predicted molar refractivity (Wildman–Crippen MR) is 114 cm³/mol. The number of anilines is 2. The Morgan fingerprint density at radius 1 is 1.18 bits per heavy atom. The van der Waals surface area contributed by atoms with E-state index in [1.54, 1.807) is 6.07 Å². The lowest BCUT2D eigenvalue weighted by atomic mass is 10.1. The van der Waals surface area contributed by atoms with Crippen molar-refractivity contribution in [2.45, 2.75) is 46.1 Å². The van der Waals surface area contributed by atoms with E-state index in [0.29, 0.717) is 24.4 Å². The van der Waals surface area contributed by atoms with Crippen LogP contribution >= 0.6 is 23.2 Å². The van der Waals surface area contributed by atoms with Crippen LogP contribution in [0.1, 0.15) is 49.9 Å². The molecule has 1 heterocycles. The Hall–Kier alpha value is -2.25. The summed E-state index contributed by atoms with van der Waals surface area (Å²) >= 11 is 12.2. The Labute approximate surface area is 173 Å².